The summed E-state index contributed by atoms with van der Waals surface area (Å²) in [5.41, 5.74) is 6.04. The van der Waals surface area contributed by atoms with E-state index in [9.17, 15) is 8.60 Å². The predicted octanol–water partition coefficient (Wildman–Crippen LogP) is 2.95. The molecular weight excluding hydrogens is 225 g/mol. The van der Waals surface area contributed by atoms with Crippen LogP contribution in [-0.2, 0) is 10.8 Å². The summed E-state index contributed by atoms with van der Waals surface area (Å²) in [6.45, 7) is 6.29. The molecule has 0 bridgehead atoms. The molecule has 16 heavy (non-hydrogen) atoms. The maximum atomic E-state index is 12.8. The van der Waals surface area contributed by atoms with Crippen LogP contribution in [0.2, 0.25) is 0 Å². The van der Waals surface area contributed by atoms with Crippen molar-refractivity contribution in [1.82, 2.24) is 0 Å². The minimum atomic E-state index is -1.14. The smallest absolute Gasteiger partial charge is 0.125 e. The van der Waals surface area contributed by atoms with E-state index in [1.165, 1.54) is 18.2 Å². The molecule has 0 aliphatic heterocycles. The van der Waals surface area contributed by atoms with E-state index in [1.54, 1.807) is 0 Å². The zero-order valence-electron chi connectivity index (χ0n) is 9.92. The summed E-state index contributed by atoms with van der Waals surface area (Å²) in [6, 6.07) is 4.01. The molecule has 1 unspecified atom stereocenters. The first-order valence-corrected chi connectivity index (χ1v) is 6.55. The zero-order chi connectivity index (χ0) is 12.3. The summed E-state index contributed by atoms with van der Waals surface area (Å²) in [7, 11) is -1.14. The second-order valence-electron chi connectivity index (χ2n) is 5.04. The van der Waals surface area contributed by atoms with Gasteiger partial charge >= 0.3 is 0 Å². The van der Waals surface area contributed by atoms with Gasteiger partial charge in [-0.15, -0.1) is 0 Å². The molecule has 0 aliphatic rings. The van der Waals surface area contributed by atoms with Crippen molar-refractivity contribution in [2.24, 2.45) is 5.41 Å². The lowest BCUT2D eigenvalue weighted by Crippen LogP contribution is -2.11. The minimum absolute atomic E-state index is 0.143. The monoisotopic (exact) mass is 243 g/mol. The Morgan fingerprint density at radius 2 is 2.00 bits per heavy atom. The van der Waals surface area contributed by atoms with Crippen LogP contribution >= 0.6 is 0 Å². The third-order valence-corrected chi connectivity index (χ3v) is 3.69. The van der Waals surface area contributed by atoms with Gasteiger partial charge in [0, 0.05) is 5.75 Å². The van der Waals surface area contributed by atoms with Gasteiger partial charge in [0.25, 0.3) is 0 Å². The Hall–Kier alpha value is -0.900. The first kappa shape index (κ1) is 13.2. The average molecular weight is 243 g/mol. The van der Waals surface area contributed by atoms with E-state index in [2.05, 4.69) is 20.8 Å². The molecule has 90 valence electrons. The molecule has 1 atom stereocenters. The van der Waals surface area contributed by atoms with E-state index in [1.807, 2.05) is 0 Å². The van der Waals surface area contributed by atoms with Gasteiger partial charge < -0.3 is 5.73 Å². The number of nitrogens with two attached hydrogens (primary N) is 1. The fraction of sp³-hybridized carbons (Fsp3) is 0.500. The van der Waals surface area contributed by atoms with Crippen molar-refractivity contribution >= 4 is 16.5 Å². The Bertz CT molecular complexity index is 398. The van der Waals surface area contributed by atoms with Gasteiger partial charge in [-0.25, -0.2) is 4.39 Å². The number of rotatable bonds is 3. The first-order chi connectivity index (χ1) is 7.29. The number of halogens is 1. The van der Waals surface area contributed by atoms with E-state index in [-0.39, 0.29) is 11.1 Å². The van der Waals surface area contributed by atoms with Gasteiger partial charge in [-0.3, -0.25) is 4.21 Å². The predicted molar refractivity (Wildman–Crippen MR) is 66.2 cm³/mol. The molecular formula is C12H18FNOS. The summed E-state index contributed by atoms with van der Waals surface area (Å²) in [4.78, 5) is 0.533. The van der Waals surface area contributed by atoms with Gasteiger partial charge in [-0.05, 0) is 30.0 Å². The van der Waals surface area contributed by atoms with Gasteiger partial charge in [0.2, 0.25) is 0 Å². The van der Waals surface area contributed by atoms with Crippen LogP contribution < -0.4 is 5.73 Å². The van der Waals surface area contributed by atoms with E-state index in [4.69, 9.17) is 5.73 Å². The highest BCUT2D eigenvalue weighted by Crippen LogP contribution is 2.23. The van der Waals surface area contributed by atoms with Crippen LogP contribution in [0.15, 0.2) is 23.1 Å². The van der Waals surface area contributed by atoms with Crippen LogP contribution in [0.3, 0.4) is 0 Å². The molecule has 1 aromatic carbocycles. The maximum absolute atomic E-state index is 12.8. The van der Waals surface area contributed by atoms with Gasteiger partial charge in [-0.1, -0.05) is 20.8 Å². The van der Waals surface area contributed by atoms with Crippen molar-refractivity contribution in [1.29, 1.82) is 0 Å². The van der Waals surface area contributed by atoms with Gasteiger partial charge in [0.05, 0.1) is 21.4 Å². The van der Waals surface area contributed by atoms with Crippen LogP contribution in [0.4, 0.5) is 10.1 Å². The third-order valence-electron chi connectivity index (χ3n) is 2.25. The second kappa shape index (κ2) is 4.95. The normalized spacial score (nSPS) is 13.8. The van der Waals surface area contributed by atoms with Crippen molar-refractivity contribution in [2.75, 3.05) is 11.5 Å². The average Bonchev–Trinajstić information content (AvgIpc) is 2.13. The lowest BCUT2D eigenvalue weighted by Gasteiger charge is -2.17. The Labute approximate surface area is 98.5 Å². The molecule has 1 rings (SSSR count). The highest BCUT2D eigenvalue weighted by Gasteiger charge is 2.14. The van der Waals surface area contributed by atoms with Gasteiger partial charge in [0.1, 0.15) is 5.82 Å². The Morgan fingerprint density at radius 3 is 2.50 bits per heavy atom. The summed E-state index contributed by atoms with van der Waals surface area (Å²) < 4.78 is 24.7. The van der Waals surface area contributed by atoms with Crippen LogP contribution in [0.25, 0.3) is 0 Å². The summed E-state index contributed by atoms with van der Waals surface area (Å²) >= 11 is 0. The molecule has 0 saturated carbocycles. The SMILES string of the molecule is CC(C)(C)CCS(=O)c1ccc(F)cc1N. The molecule has 0 heterocycles. The van der Waals surface area contributed by atoms with Gasteiger partial charge in [0.15, 0.2) is 0 Å². The highest BCUT2D eigenvalue weighted by atomic mass is 32.2. The Balaban J connectivity index is 2.74. The fourth-order valence-electron chi connectivity index (χ4n) is 1.24. The van der Waals surface area contributed by atoms with E-state index in [0.29, 0.717) is 10.6 Å². The molecule has 0 radical (unpaired) electrons. The molecule has 0 aliphatic carbocycles. The molecule has 0 aromatic heterocycles. The van der Waals surface area contributed by atoms with Crippen molar-refractivity contribution in [3.05, 3.63) is 24.0 Å². The molecule has 4 heteroatoms. The van der Waals surface area contributed by atoms with E-state index in [0.717, 1.165) is 6.42 Å². The second-order valence-corrected chi connectivity index (χ2v) is 6.58. The van der Waals surface area contributed by atoms with Crippen LogP contribution in [0.5, 0.6) is 0 Å². The standard InChI is InChI=1S/C12H18FNOS/c1-12(2,3)6-7-16(15)11-5-4-9(13)8-10(11)14/h4-5,8H,6-7,14H2,1-3H3. The molecule has 1 aromatic rings. The van der Waals surface area contributed by atoms with Crippen LogP contribution in [-0.4, -0.2) is 9.96 Å². The molecule has 2 nitrogen and oxygen atoms in total. The lowest BCUT2D eigenvalue weighted by atomic mass is 9.94. The van der Waals surface area contributed by atoms with Crippen molar-refractivity contribution in [2.45, 2.75) is 32.1 Å². The summed E-state index contributed by atoms with van der Waals surface area (Å²) in [5, 5.41) is 0. The Morgan fingerprint density at radius 1 is 1.38 bits per heavy atom. The summed E-state index contributed by atoms with van der Waals surface area (Å²) in [6.07, 6.45) is 0.844. The minimum Gasteiger partial charge on any atom is -0.398 e. The number of hydrogen-bond acceptors (Lipinski definition) is 2. The van der Waals surface area contributed by atoms with E-state index < -0.39 is 16.6 Å². The fourth-order valence-corrected chi connectivity index (χ4v) is 2.79. The van der Waals surface area contributed by atoms with Gasteiger partial charge in [-0.2, -0.15) is 0 Å². The molecule has 0 saturated heterocycles. The number of benzene rings is 1. The van der Waals surface area contributed by atoms with Crippen LogP contribution in [0.1, 0.15) is 27.2 Å². The number of hydrogen-bond donors (Lipinski definition) is 1. The highest BCUT2D eigenvalue weighted by molar-refractivity contribution is 7.85. The van der Waals surface area contributed by atoms with Crippen molar-refractivity contribution in [3.8, 4) is 0 Å². The maximum Gasteiger partial charge on any atom is 0.125 e. The molecule has 0 amide bonds. The Kier molecular flexibility index (Phi) is 4.08. The molecule has 0 fully saturated rings. The third kappa shape index (κ3) is 3.93. The molecule has 2 N–H and O–H groups in total. The number of nitrogen functional groups attached to an aromatic ring is 1. The first-order valence-electron chi connectivity index (χ1n) is 5.23. The summed E-state index contributed by atoms with van der Waals surface area (Å²) in [5.74, 6) is 0.161. The van der Waals surface area contributed by atoms with Crippen molar-refractivity contribution in [3.63, 3.8) is 0 Å². The molecule has 0 spiro atoms. The quantitative estimate of drug-likeness (QED) is 0.829. The van der Waals surface area contributed by atoms with Crippen molar-refractivity contribution < 1.29 is 8.60 Å². The lowest BCUT2D eigenvalue weighted by molar-refractivity contribution is 0.400. The zero-order valence-corrected chi connectivity index (χ0v) is 10.7. The largest absolute Gasteiger partial charge is 0.398 e. The van der Waals surface area contributed by atoms with E-state index >= 15 is 0 Å². The number of anilines is 1. The van der Waals surface area contributed by atoms with Crippen LogP contribution in [0, 0.1) is 11.2 Å². The topological polar surface area (TPSA) is 43.1 Å².